The van der Waals surface area contributed by atoms with E-state index in [2.05, 4.69) is 32.5 Å². The van der Waals surface area contributed by atoms with Crippen LogP contribution in [0.1, 0.15) is 46.2 Å². The summed E-state index contributed by atoms with van der Waals surface area (Å²) in [7, 11) is 1.61. The molecule has 1 atom stereocenters. The maximum absolute atomic E-state index is 12.2. The summed E-state index contributed by atoms with van der Waals surface area (Å²) in [6.45, 7) is 4.66. The van der Waals surface area contributed by atoms with Crippen molar-refractivity contribution < 1.29 is 18.7 Å². The Morgan fingerprint density at radius 1 is 1.12 bits per heavy atom. The van der Waals surface area contributed by atoms with Gasteiger partial charge in [0.1, 0.15) is 17.8 Å². The van der Waals surface area contributed by atoms with Crippen LogP contribution in [0.15, 0.2) is 59.4 Å². The van der Waals surface area contributed by atoms with E-state index in [4.69, 9.17) is 9.15 Å². The lowest BCUT2D eigenvalue weighted by Crippen LogP contribution is -2.18. The van der Waals surface area contributed by atoms with Crippen molar-refractivity contribution in [3.63, 3.8) is 0 Å². The fourth-order valence-electron chi connectivity index (χ4n) is 3.67. The zero-order valence-electron chi connectivity index (χ0n) is 19.2. The molecule has 2 N–H and O–H groups in total. The first-order chi connectivity index (χ1) is 16.5. The van der Waals surface area contributed by atoms with Gasteiger partial charge in [-0.05, 0) is 30.7 Å². The molecule has 4 rings (SSSR count). The molecule has 0 aliphatic heterocycles. The number of rotatable bonds is 8. The number of carbonyl (C=O) groups is 2. The van der Waals surface area contributed by atoms with Crippen LogP contribution in [0.25, 0.3) is 22.4 Å². The van der Waals surface area contributed by atoms with Crippen molar-refractivity contribution in [3.05, 3.63) is 71.9 Å². The van der Waals surface area contributed by atoms with Crippen LogP contribution in [0.3, 0.4) is 0 Å². The molecule has 0 fully saturated rings. The first kappa shape index (κ1) is 22.9. The van der Waals surface area contributed by atoms with Crippen molar-refractivity contribution in [2.75, 3.05) is 25.5 Å². The van der Waals surface area contributed by atoms with E-state index in [0.29, 0.717) is 29.4 Å². The monoisotopic (exact) mass is 459 g/mol. The molecule has 1 amide bonds. The van der Waals surface area contributed by atoms with E-state index in [1.54, 1.807) is 44.4 Å². The highest BCUT2D eigenvalue weighted by Crippen LogP contribution is 2.27. The number of nitrogens with zero attached hydrogens (tertiary/aromatic N) is 3. The molecule has 34 heavy (non-hydrogen) atoms. The predicted octanol–water partition coefficient (Wildman–Crippen LogP) is 4.04. The number of hydrogen-bond donors (Lipinski definition) is 2. The average molecular weight is 460 g/mol. The molecule has 9 heteroatoms. The largest absolute Gasteiger partial charge is 0.460 e. The predicted molar refractivity (Wildman–Crippen MR) is 128 cm³/mol. The smallest absolute Gasteiger partial charge is 0.374 e. The van der Waals surface area contributed by atoms with Gasteiger partial charge in [-0.25, -0.2) is 14.8 Å². The summed E-state index contributed by atoms with van der Waals surface area (Å²) in [5.74, 6) is 0.601. The van der Waals surface area contributed by atoms with Gasteiger partial charge in [0.2, 0.25) is 5.76 Å². The Bertz CT molecular complexity index is 1330. The van der Waals surface area contributed by atoms with E-state index in [0.717, 1.165) is 16.5 Å². The molecule has 0 unspecified atom stereocenters. The Kier molecular flexibility index (Phi) is 6.82. The molecule has 0 spiro atoms. The molecule has 0 saturated heterocycles. The topological polar surface area (TPSA) is 119 Å². The van der Waals surface area contributed by atoms with E-state index in [9.17, 15) is 9.59 Å². The number of amides is 1. The second kappa shape index (κ2) is 10.1. The third-order valence-corrected chi connectivity index (χ3v) is 5.40. The molecule has 0 bridgehead atoms. The molecule has 0 aliphatic rings. The van der Waals surface area contributed by atoms with E-state index < -0.39 is 5.97 Å². The van der Waals surface area contributed by atoms with Gasteiger partial charge in [0, 0.05) is 37.2 Å². The van der Waals surface area contributed by atoms with Gasteiger partial charge in [0.25, 0.3) is 5.91 Å². The number of nitrogens with one attached hydrogen (secondary N) is 2. The highest BCUT2D eigenvalue weighted by molar-refractivity contribution is 6.06. The highest BCUT2D eigenvalue weighted by atomic mass is 16.5. The Morgan fingerprint density at radius 3 is 2.76 bits per heavy atom. The molecule has 4 aromatic rings. The molecule has 0 aliphatic carbocycles. The maximum Gasteiger partial charge on any atom is 0.374 e. The molecular formula is C25H25N5O4. The lowest BCUT2D eigenvalue weighted by atomic mass is 9.96. The molecule has 9 nitrogen and oxygen atoms in total. The standard InChI is InChI=1S/C25H25N5O4/c1-4-33-25(32)21-9-8-20(34-21)19-12-22(30-14-29-19)28-13-15(2)16-6-5-7-17-18(24(31)26-3)10-11-27-23(16)17/h5-12,14-15H,4,13H2,1-3H3,(H,26,31)(H,28,29,30)/t15-/m1/s1. The number of furan rings is 1. The summed E-state index contributed by atoms with van der Waals surface area (Å²) in [6, 6.07) is 12.6. The lowest BCUT2D eigenvalue weighted by Gasteiger charge is -2.16. The fraction of sp³-hybridized carbons (Fsp3) is 0.240. The highest BCUT2D eigenvalue weighted by Gasteiger charge is 2.16. The molecule has 0 radical (unpaired) electrons. The fourth-order valence-corrected chi connectivity index (χ4v) is 3.67. The number of benzene rings is 1. The van der Waals surface area contributed by atoms with Crippen molar-refractivity contribution >= 4 is 28.6 Å². The lowest BCUT2D eigenvalue weighted by molar-refractivity contribution is 0.0491. The number of carbonyl (C=O) groups excluding carboxylic acids is 2. The maximum atomic E-state index is 12.2. The number of hydrogen-bond acceptors (Lipinski definition) is 8. The van der Waals surface area contributed by atoms with E-state index >= 15 is 0 Å². The van der Waals surface area contributed by atoms with Gasteiger partial charge in [0.15, 0.2) is 5.76 Å². The number of fused-ring (bicyclic) bond motifs is 1. The van der Waals surface area contributed by atoms with Crippen molar-refractivity contribution in [2.24, 2.45) is 0 Å². The zero-order chi connectivity index (χ0) is 24.1. The third-order valence-electron chi connectivity index (χ3n) is 5.40. The minimum atomic E-state index is -0.516. The van der Waals surface area contributed by atoms with Gasteiger partial charge >= 0.3 is 5.97 Å². The quantitative estimate of drug-likeness (QED) is 0.379. The summed E-state index contributed by atoms with van der Waals surface area (Å²) in [5, 5.41) is 6.81. The first-order valence-electron chi connectivity index (χ1n) is 10.9. The van der Waals surface area contributed by atoms with Crippen molar-refractivity contribution in [2.45, 2.75) is 19.8 Å². The van der Waals surface area contributed by atoms with E-state index in [1.807, 2.05) is 18.2 Å². The Hall–Kier alpha value is -4.27. The number of aromatic nitrogens is 3. The van der Waals surface area contributed by atoms with Gasteiger partial charge < -0.3 is 19.8 Å². The molecule has 174 valence electrons. The van der Waals surface area contributed by atoms with Gasteiger partial charge in [-0.15, -0.1) is 0 Å². The van der Waals surface area contributed by atoms with Crippen LogP contribution >= 0.6 is 0 Å². The normalized spacial score (nSPS) is 11.7. The van der Waals surface area contributed by atoms with Crippen LogP contribution in [0, 0.1) is 0 Å². The van der Waals surface area contributed by atoms with Crippen LogP contribution in [0.5, 0.6) is 0 Å². The SMILES string of the molecule is CCOC(=O)c1ccc(-c2cc(NC[C@@H](C)c3cccc4c(C(=O)NC)ccnc34)ncn2)o1. The van der Waals surface area contributed by atoms with Gasteiger partial charge in [0.05, 0.1) is 17.7 Å². The number of anilines is 1. The van der Waals surface area contributed by atoms with Gasteiger partial charge in [-0.2, -0.15) is 0 Å². The van der Waals surface area contributed by atoms with Gasteiger partial charge in [-0.1, -0.05) is 25.1 Å². The van der Waals surface area contributed by atoms with Crippen molar-refractivity contribution in [3.8, 4) is 11.5 Å². The molecular weight excluding hydrogens is 434 g/mol. The third kappa shape index (κ3) is 4.73. The summed E-state index contributed by atoms with van der Waals surface area (Å²) in [4.78, 5) is 37.2. The second-order valence-corrected chi connectivity index (χ2v) is 7.64. The number of ether oxygens (including phenoxy) is 1. The first-order valence-corrected chi connectivity index (χ1v) is 10.9. The summed E-state index contributed by atoms with van der Waals surface area (Å²) < 4.78 is 10.5. The minimum Gasteiger partial charge on any atom is -0.460 e. The number of esters is 1. The minimum absolute atomic E-state index is 0.0774. The molecule has 3 heterocycles. The van der Waals surface area contributed by atoms with Crippen molar-refractivity contribution in [1.29, 1.82) is 0 Å². The molecule has 3 aromatic heterocycles. The van der Waals surface area contributed by atoms with E-state index in [-0.39, 0.29) is 24.2 Å². The van der Waals surface area contributed by atoms with Crippen LogP contribution < -0.4 is 10.6 Å². The average Bonchev–Trinajstić information content (AvgIpc) is 3.37. The zero-order valence-corrected chi connectivity index (χ0v) is 19.2. The van der Waals surface area contributed by atoms with Crippen LogP contribution in [-0.2, 0) is 4.74 Å². The summed E-state index contributed by atoms with van der Waals surface area (Å²) >= 11 is 0. The van der Waals surface area contributed by atoms with Crippen LogP contribution in [-0.4, -0.2) is 47.0 Å². The number of para-hydroxylation sites is 1. The summed E-state index contributed by atoms with van der Waals surface area (Å²) in [5.41, 5.74) is 2.96. The number of pyridine rings is 1. The molecule has 0 saturated carbocycles. The Labute approximate surface area is 196 Å². The van der Waals surface area contributed by atoms with E-state index in [1.165, 1.54) is 6.33 Å². The molecule has 1 aromatic carbocycles. The van der Waals surface area contributed by atoms with Crippen LogP contribution in [0.2, 0.25) is 0 Å². The Balaban J connectivity index is 1.51. The van der Waals surface area contributed by atoms with Crippen LogP contribution in [0.4, 0.5) is 5.82 Å². The Morgan fingerprint density at radius 2 is 1.97 bits per heavy atom. The second-order valence-electron chi connectivity index (χ2n) is 7.64. The van der Waals surface area contributed by atoms with Gasteiger partial charge in [-0.3, -0.25) is 9.78 Å². The summed E-state index contributed by atoms with van der Waals surface area (Å²) in [6.07, 6.45) is 3.09. The van der Waals surface area contributed by atoms with Crippen molar-refractivity contribution in [1.82, 2.24) is 20.3 Å².